The van der Waals surface area contributed by atoms with Crippen molar-refractivity contribution in [1.29, 1.82) is 5.26 Å². The lowest BCUT2D eigenvalue weighted by Crippen LogP contribution is -1.93. The van der Waals surface area contributed by atoms with E-state index in [9.17, 15) is 10.4 Å². The Morgan fingerprint density at radius 1 is 1.29 bits per heavy atom. The molecule has 0 unspecified atom stereocenters. The van der Waals surface area contributed by atoms with Gasteiger partial charge in [0.25, 0.3) is 0 Å². The fourth-order valence-electron chi connectivity index (χ4n) is 2.13. The van der Waals surface area contributed by atoms with Crippen LogP contribution in [0.25, 0.3) is 21.9 Å². The molecule has 1 aromatic carbocycles. The molecule has 0 spiro atoms. The molecule has 0 saturated heterocycles. The molecule has 2 heterocycles. The molecule has 5 nitrogen and oxygen atoms in total. The quantitative estimate of drug-likeness (QED) is 0.526. The van der Waals surface area contributed by atoms with E-state index in [-0.39, 0.29) is 27.2 Å². The van der Waals surface area contributed by atoms with Crippen LogP contribution in [0.1, 0.15) is 11.3 Å². The Morgan fingerprint density at radius 3 is 2.58 bits per heavy atom. The minimum Gasteiger partial charge on any atom is -0.506 e. The monoisotopic (exact) mass is 376 g/mol. The standard InChI is InChI=1S/C16H10Cl2N4OS/c1-22-15(18)12(14(17)21-22)13(23)10(7-19)11-8-24-16(20-11)9-5-3-2-4-6-9/h2-6,8,23H,1H3. The molecular weight excluding hydrogens is 367 g/mol. The smallest absolute Gasteiger partial charge is 0.163 e. The lowest BCUT2D eigenvalue weighted by molar-refractivity contribution is 0.514. The van der Waals surface area contributed by atoms with Gasteiger partial charge in [-0.2, -0.15) is 10.4 Å². The van der Waals surface area contributed by atoms with Crippen molar-refractivity contribution < 1.29 is 5.11 Å². The second-order valence-electron chi connectivity index (χ2n) is 4.82. The Labute approximate surface area is 152 Å². The molecule has 0 bridgehead atoms. The van der Waals surface area contributed by atoms with Crippen molar-refractivity contribution in [1.82, 2.24) is 14.8 Å². The summed E-state index contributed by atoms with van der Waals surface area (Å²) in [6.07, 6.45) is 0. The zero-order valence-corrected chi connectivity index (χ0v) is 14.7. The summed E-state index contributed by atoms with van der Waals surface area (Å²) in [5.74, 6) is -0.342. The number of rotatable bonds is 3. The average Bonchev–Trinajstić information content (AvgIpc) is 3.15. The van der Waals surface area contributed by atoms with Gasteiger partial charge >= 0.3 is 0 Å². The minimum absolute atomic E-state index is 0.00905. The number of allylic oxidation sites excluding steroid dienone is 1. The number of aliphatic hydroxyl groups excluding tert-OH is 1. The second kappa shape index (κ2) is 6.65. The SMILES string of the molecule is Cn1nc(Cl)c(C(O)=C(C#N)c2csc(-c3ccccc3)n2)c1Cl. The summed E-state index contributed by atoms with van der Waals surface area (Å²) in [5, 5.41) is 26.5. The van der Waals surface area contributed by atoms with Gasteiger partial charge < -0.3 is 5.11 Å². The van der Waals surface area contributed by atoms with E-state index >= 15 is 0 Å². The largest absolute Gasteiger partial charge is 0.506 e. The van der Waals surface area contributed by atoms with Crippen LogP contribution < -0.4 is 0 Å². The van der Waals surface area contributed by atoms with E-state index in [0.717, 1.165) is 10.6 Å². The first kappa shape index (κ1) is 16.5. The average molecular weight is 377 g/mol. The maximum absolute atomic E-state index is 10.5. The molecule has 3 rings (SSSR count). The maximum Gasteiger partial charge on any atom is 0.163 e. The maximum atomic E-state index is 10.5. The van der Waals surface area contributed by atoms with Gasteiger partial charge in [-0.15, -0.1) is 11.3 Å². The van der Waals surface area contributed by atoms with Gasteiger partial charge in [0, 0.05) is 18.0 Å². The number of aliphatic hydroxyl groups is 1. The highest BCUT2D eigenvalue weighted by atomic mass is 35.5. The van der Waals surface area contributed by atoms with Crippen LogP contribution in [0, 0.1) is 11.3 Å². The van der Waals surface area contributed by atoms with Crippen molar-refractivity contribution in [2.75, 3.05) is 0 Å². The summed E-state index contributed by atoms with van der Waals surface area (Å²) >= 11 is 13.5. The Bertz CT molecular complexity index is 970. The number of aromatic nitrogens is 3. The van der Waals surface area contributed by atoms with Crippen LogP contribution in [-0.4, -0.2) is 19.9 Å². The topological polar surface area (TPSA) is 74.7 Å². The molecule has 0 atom stereocenters. The van der Waals surface area contributed by atoms with Crippen molar-refractivity contribution in [3.8, 4) is 16.6 Å². The summed E-state index contributed by atoms with van der Waals surface area (Å²) in [6, 6.07) is 11.5. The number of aryl methyl sites for hydroxylation is 1. The highest BCUT2D eigenvalue weighted by molar-refractivity contribution is 7.13. The number of nitrogens with zero attached hydrogens (tertiary/aromatic N) is 4. The first-order valence-electron chi connectivity index (χ1n) is 6.76. The number of halogens is 2. The molecule has 0 aliphatic rings. The molecule has 0 fully saturated rings. The van der Waals surface area contributed by atoms with Crippen LogP contribution in [0.2, 0.25) is 10.3 Å². The van der Waals surface area contributed by atoms with Crippen LogP contribution in [0.15, 0.2) is 35.7 Å². The second-order valence-corrected chi connectivity index (χ2v) is 6.39. The van der Waals surface area contributed by atoms with Crippen molar-refractivity contribution >= 4 is 45.9 Å². The van der Waals surface area contributed by atoms with Gasteiger partial charge in [-0.25, -0.2) is 4.98 Å². The van der Waals surface area contributed by atoms with E-state index in [1.165, 1.54) is 16.0 Å². The van der Waals surface area contributed by atoms with Crippen molar-refractivity contribution in [2.24, 2.45) is 7.05 Å². The van der Waals surface area contributed by atoms with E-state index in [2.05, 4.69) is 10.1 Å². The van der Waals surface area contributed by atoms with E-state index in [0.29, 0.717) is 5.69 Å². The molecule has 24 heavy (non-hydrogen) atoms. The third kappa shape index (κ3) is 2.89. The van der Waals surface area contributed by atoms with Gasteiger partial charge in [0.2, 0.25) is 0 Å². The van der Waals surface area contributed by atoms with Gasteiger partial charge in [-0.05, 0) is 0 Å². The molecule has 0 saturated carbocycles. The van der Waals surface area contributed by atoms with Gasteiger partial charge in [0.05, 0.1) is 11.3 Å². The summed E-state index contributed by atoms with van der Waals surface area (Å²) in [7, 11) is 1.59. The van der Waals surface area contributed by atoms with Crippen molar-refractivity contribution in [3.05, 3.63) is 57.3 Å². The summed E-state index contributed by atoms with van der Waals surface area (Å²) in [6.45, 7) is 0. The first-order chi connectivity index (χ1) is 11.5. The van der Waals surface area contributed by atoms with Crippen LogP contribution in [-0.2, 0) is 7.05 Å². The van der Waals surface area contributed by atoms with Gasteiger partial charge in [-0.1, -0.05) is 53.5 Å². The minimum atomic E-state index is -0.342. The highest BCUT2D eigenvalue weighted by Crippen LogP contribution is 2.34. The zero-order valence-electron chi connectivity index (χ0n) is 12.4. The lowest BCUT2D eigenvalue weighted by Gasteiger charge is -2.02. The van der Waals surface area contributed by atoms with E-state index in [4.69, 9.17) is 23.2 Å². The zero-order chi connectivity index (χ0) is 17.3. The normalized spacial score (nSPS) is 11.9. The lowest BCUT2D eigenvalue weighted by atomic mass is 10.1. The van der Waals surface area contributed by atoms with Crippen LogP contribution in [0.4, 0.5) is 0 Å². The molecule has 1 N–H and O–H groups in total. The van der Waals surface area contributed by atoms with Gasteiger partial charge in [0.15, 0.2) is 5.15 Å². The van der Waals surface area contributed by atoms with Crippen molar-refractivity contribution in [2.45, 2.75) is 0 Å². The molecule has 0 amide bonds. The van der Waals surface area contributed by atoms with Gasteiger partial charge in [-0.3, -0.25) is 4.68 Å². The summed E-state index contributed by atoms with van der Waals surface area (Å²) in [4.78, 5) is 4.43. The first-order valence-corrected chi connectivity index (χ1v) is 8.39. The van der Waals surface area contributed by atoms with E-state index < -0.39 is 0 Å². The number of benzene rings is 1. The Kier molecular flexibility index (Phi) is 4.58. The third-order valence-electron chi connectivity index (χ3n) is 3.30. The predicted molar refractivity (Wildman–Crippen MR) is 95.8 cm³/mol. The fraction of sp³-hybridized carbons (Fsp3) is 0.0625. The van der Waals surface area contributed by atoms with Gasteiger partial charge in [0.1, 0.15) is 27.6 Å². The molecule has 0 aliphatic heterocycles. The summed E-state index contributed by atoms with van der Waals surface area (Å²) < 4.78 is 1.32. The predicted octanol–water partition coefficient (Wildman–Crippen LogP) is 4.80. The Hall–Kier alpha value is -2.33. The Morgan fingerprint density at radius 2 is 2.00 bits per heavy atom. The number of hydrogen-bond donors (Lipinski definition) is 1. The molecule has 0 radical (unpaired) electrons. The molecule has 8 heteroatoms. The fourth-order valence-corrected chi connectivity index (χ4v) is 3.50. The molecule has 0 aliphatic carbocycles. The van der Waals surface area contributed by atoms with Crippen LogP contribution in [0.3, 0.4) is 0 Å². The number of hydrogen-bond acceptors (Lipinski definition) is 5. The third-order valence-corrected chi connectivity index (χ3v) is 4.89. The van der Waals surface area contributed by atoms with Crippen LogP contribution in [0.5, 0.6) is 0 Å². The van der Waals surface area contributed by atoms with Crippen LogP contribution >= 0.6 is 34.5 Å². The highest BCUT2D eigenvalue weighted by Gasteiger charge is 2.22. The molecule has 120 valence electrons. The van der Waals surface area contributed by atoms with E-state index in [1.807, 2.05) is 36.4 Å². The Balaban J connectivity index is 2.10. The van der Waals surface area contributed by atoms with E-state index in [1.54, 1.807) is 12.4 Å². The number of thiazole rings is 1. The molecule has 3 aromatic rings. The van der Waals surface area contributed by atoms with Crippen molar-refractivity contribution in [3.63, 3.8) is 0 Å². The summed E-state index contributed by atoms with van der Waals surface area (Å²) in [5.41, 5.74) is 1.40. The molecule has 2 aromatic heterocycles. The number of nitriles is 1. The molecular formula is C16H10Cl2N4OS.